The third-order valence-electron chi connectivity index (χ3n) is 8.03. The van der Waals surface area contributed by atoms with Crippen LogP contribution in [0.4, 0.5) is 13.2 Å². The second-order valence-electron chi connectivity index (χ2n) is 11.1. The van der Waals surface area contributed by atoms with E-state index < -0.39 is 11.7 Å². The molecule has 1 aliphatic heterocycles. The smallest absolute Gasteiger partial charge is 0.339 e. The van der Waals surface area contributed by atoms with Crippen molar-refractivity contribution in [1.82, 2.24) is 24.6 Å². The third kappa shape index (κ3) is 7.58. The minimum Gasteiger partial charge on any atom is -0.339 e. The van der Waals surface area contributed by atoms with Crippen LogP contribution < -0.4 is 0 Å². The number of piperazine rings is 1. The molecule has 0 radical (unpaired) electrons. The van der Waals surface area contributed by atoms with E-state index in [1.165, 1.54) is 17.8 Å². The van der Waals surface area contributed by atoms with Gasteiger partial charge in [-0.3, -0.25) is 14.2 Å². The Kier molecular flexibility index (Phi) is 10.3. The number of rotatable bonds is 10. The number of hydrogen-bond donors (Lipinski definition) is 0. The fraction of sp³-hybridized carbons (Fsp3) is 0.353. The number of carbonyl (C=O) groups is 2. The average Bonchev–Trinajstić information content (AvgIpc) is 3.47. The lowest BCUT2D eigenvalue weighted by Crippen LogP contribution is -2.56. The summed E-state index contributed by atoms with van der Waals surface area (Å²) in [6.07, 6.45) is -2.90. The number of nitrogens with zero attached hydrogens (tertiary/aromatic N) is 5. The van der Waals surface area contributed by atoms with Crippen LogP contribution in [0.15, 0.2) is 90.1 Å². The Balaban J connectivity index is 1.20. The maximum atomic E-state index is 13.5. The topological polar surface area (TPSA) is 71.3 Å². The van der Waals surface area contributed by atoms with E-state index in [0.717, 1.165) is 23.3 Å². The number of aromatic nitrogens is 3. The standard InChI is InChI=1S/C34H36F3N5O2S/c1-3-29(25-12-6-4-7-13-25)32(44)41-20-19-40(23-24(41)2)30(43)18-11-21-45-33-39-38-31(26-14-8-5-9-15-26)42(33)28-17-10-16-27(22-28)34(35,36)37/h4-10,12-17,22,24,29H,3,11,18-21,23H2,1-2H3. The van der Waals surface area contributed by atoms with Crippen LogP contribution in [-0.4, -0.2) is 67.8 Å². The molecule has 2 unspecified atom stereocenters. The molecule has 1 fully saturated rings. The second kappa shape index (κ2) is 14.3. The van der Waals surface area contributed by atoms with Crippen LogP contribution >= 0.6 is 11.8 Å². The van der Waals surface area contributed by atoms with Gasteiger partial charge >= 0.3 is 6.18 Å². The lowest BCUT2D eigenvalue weighted by atomic mass is 9.94. The molecular weight excluding hydrogens is 599 g/mol. The van der Waals surface area contributed by atoms with E-state index in [2.05, 4.69) is 10.2 Å². The molecule has 1 saturated heterocycles. The molecule has 4 aromatic rings. The maximum Gasteiger partial charge on any atom is 0.416 e. The highest BCUT2D eigenvalue weighted by atomic mass is 32.2. The van der Waals surface area contributed by atoms with Crippen molar-refractivity contribution in [2.45, 2.75) is 56.4 Å². The Labute approximate surface area is 265 Å². The van der Waals surface area contributed by atoms with Crippen molar-refractivity contribution in [2.24, 2.45) is 0 Å². The number of halogens is 3. The minimum absolute atomic E-state index is 0.0222. The highest BCUT2D eigenvalue weighted by molar-refractivity contribution is 7.99. The van der Waals surface area contributed by atoms with Gasteiger partial charge in [0.25, 0.3) is 0 Å². The fourth-order valence-corrected chi connectivity index (χ4v) is 6.58. The molecule has 2 atom stereocenters. The molecule has 5 rings (SSSR count). The highest BCUT2D eigenvalue weighted by Gasteiger charge is 2.33. The molecular formula is C34H36F3N5O2S. The van der Waals surface area contributed by atoms with Crippen molar-refractivity contribution in [3.05, 3.63) is 96.1 Å². The Hall–Kier alpha value is -4.12. The van der Waals surface area contributed by atoms with E-state index in [0.29, 0.717) is 61.3 Å². The van der Waals surface area contributed by atoms with Crippen molar-refractivity contribution < 1.29 is 22.8 Å². The van der Waals surface area contributed by atoms with E-state index in [4.69, 9.17) is 0 Å². The van der Waals surface area contributed by atoms with Crippen LogP contribution in [0, 0.1) is 0 Å². The van der Waals surface area contributed by atoms with Crippen molar-refractivity contribution >= 4 is 23.6 Å². The summed E-state index contributed by atoms with van der Waals surface area (Å²) in [4.78, 5) is 30.2. The first-order chi connectivity index (χ1) is 21.7. The van der Waals surface area contributed by atoms with E-state index >= 15 is 0 Å². The monoisotopic (exact) mass is 635 g/mol. The first kappa shape index (κ1) is 32.3. The summed E-state index contributed by atoms with van der Waals surface area (Å²) in [7, 11) is 0. The highest BCUT2D eigenvalue weighted by Crippen LogP contribution is 2.33. The predicted octanol–water partition coefficient (Wildman–Crippen LogP) is 7.08. The Morgan fingerprint density at radius 2 is 1.67 bits per heavy atom. The third-order valence-corrected chi connectivity index (χ3v) is 9.05. The van der Waals surface area contributed by atoms with Crippen LogP contribution in [0.3, 0.4) is 0 Å². The van der Waals surface area contributed by atoms with Crippen LogP contribution in [0.1, 0.15) is 50.2 Å². The lowest BCUT2D eigenvalue weighted by Gasteiger charge is -2.41. The summed E-state index contributed by atoms with van der Waals surface area (Å²) < 4.78 is 42.2. The molecule has 0 saturated carbocycles. The zero-order chi connectivity index (χ0) is 32.0. The average molecular weight is 636 g/mol. The van der Waals surface area contributed by atoms with E-state index in [-0.39, 0.29) is 23.8 Å². The molecule has 0 N–H and O–H groups in total. The van der Waals surface area contributed by atoms with Crippen molar-refractivity contribution in [3.8, 4) is 17.1 Å². The summed E-state index contributed by atoms with van der Waals surface area (Å²) in [6.45, 7) is 5.45. The van der Waals surface area contributed by atoms with Gasteiger partial charge in [-0.2, -0.15) is 13.2 Å². The minimum atomic E-state index is -4.49. The first-order valence-corrected chi connectivity index (χ1v) is 16.1. The van der Waals surface area contributed by atoms with Crippen molar-refractivity contribution in [2.75, 3.05) is 25.4 Å². The van der Waals surface area contributed by atoms with Gasteiger partial charge in [-0.25, -0.2) is 0 Å². The molecule has 236 valence electrons. The molecule has 7 nitrogen and oxygen atoms in total. The molecule has 45 heavy (non-hydrogen) atoms. The number of benzene rings is 3. The van der Waals surface area contributed by atoms with Crippen LogP contribution in [0.25, 0.3) is 17.1 Å². The number of thioether (sulfide) groups is 1. The van der Waals surface area contributed by atoms with E-state index in [1.54, 1.807) is 10.6 Å². The van der Waals surface area contributed by atoms with Crippen LogP contribution in [0.5, 0.6) is 0 Å². The molecule has 0 bridgehead atoms. The number of hydrogen-bond acceptors (Lipinski definition) is 5. The summed E-state index contributed by atoms with van der Waals surface area (Å²) in [5.41, 5.74) is 1.29. The van der Waals surface area contributed by atoms with Gasteiger partial charge in [-0.1, -0.05) is 85.4 Å². The van der Waals surface area contributed by atoms with Gasteiger partial charge in [0.2, 0.25) is 11.8 Å². The Morgan fingerprint density at radius 3 is 2.33 bits per heavy atom. The predicted molar refractivity (Wildman–Crippen MR) is 169 cm³/mol. The number of amides is 2. The Morgan fingerprint density at radius 1 is 0.956 bits per heavy atom. The molecule has 3 aromatic carbocycles. The SMILES string of the molecule is CCC(C(=O)N1CCN(C(=O)CCCSc2nnc(-c3ccccc3)n2-c2cccc(C(F)(F)F)c2)CC1C)c1ccccc1. The van der Waals surface area contributed by atoms with E-state index in [1.807, 2.05) is 84.3 Å². The summed E-state index contributed by atoms with van der Waals surface area (Å²) in [6, 6.07) is 24.0. The van der Waals surface area contributed by atoms with Crippen LogP contribution in [-0.2, 0) is 15.8 Å². The van der Waals surface area contributed by atoms with Gasteiger partial charge in [-0.05, 0) is 43.5 Å². The van der Waals surface area contributed by atoms with E-state index in [9.17, 15) is 22.8 Å². The normalized spacial score (nSPS) is 16.1. The molecule has 0 spiro atoms. The van der Waals surface area contributed by atoms with Gasteiger partial charge < -0.3 is 9.80 Å². The Bertz CT molecular complexity index is 1600. The summed E-state index contributed by atoms with van der Waals surface area (Å²) >= 11 is 1.35. The van der Waals surface area contributed by atoms with Crippen LogP contribution in [0.2, 0.25) is 0 Å². The molecule has 2 heterocycles. The lowest BCUT2D eigenvalue weighted by molar-refractivity contribution is -0.143. The maximum absolute atomic E-state index is 13.5. The van der Waals surface area contributed by atoms with Gasteiger partial charge in [0.1, 0.15) is 0 Å². The molecule has 1 aromatic heterocycles. The fourth-order valence-electron chi connectivity index (χ4n) is 5.69. The van der Waals surface area contributed by atoms with Gasteiger partial charge in [0.15, 0.2) is 11.0 Å². The van der Waals surface area contributed by atoms with Gasteiger partial charge in [0.05, 0.1) is 17.2 Å². The first-order valence-electron chi connectivity index (χ1n) is 15.1. The number of alkyl halides is 3. The summed E-state index contributed by atoms with van der Waals surface area (Å²) in [5, 5.41) is 9.07. The molecule has 11 heteroatoms. The molecule has 2 amide bonds. The van der Waals surface area contributed by atoms with Gasteiger partial charge in [0, 0.05) is 43.4 Å². The second-order valence-corrected chi connectivity index (χ2v) is 12.2. The van der Waals surface area contributed by atoms with Crippen molar-refractivity contribution in [3.63, 3.8) is 0 Å². The number of carbonyl (C=O) groups excluding carboxylic acids is 2. The molecule has 1 aliphatic rings. The largest absolute Gasteiger partial charge is 0.416 e. The van der Waals surface area contributed by atoms with Gasteiger partial charge in [-0.15, -0.1) is 10.2 Å². The zero-order valence-electron chi connectivity index (χ0n) is 25.3. The zero-order valence-corrected chi connectivity index (χ0v) is 26.1. The summed E-state index contributed by atoms with van der Waals surface area (Å²) in [5.74, 6) is 0.884. The quantitative estimate of drug-likeness (QED) is 0.138. The van der Waals surface area contributed by atoms with Crippen molar-refractivity contribution in [1.29, 1.82) is 0 Å². The molecule has 0 aliphatic carbocycles.